The van der Waals surface area contributed by atoms with Crippen LogP contribution in [0.15, 0.2) is 77.7 Å². The molecule has 0 aliphatic rings. The van der Waals surface area contributed by atoms with E-state index in [4.69, 9.17) is 27.6 Å². The van der Waals surface area contributed by atoms with Gasteiger partial charge in [-0.2, -0.15) is 0 Å². The molecule has 1 N–H and O–H groups in total. The van der Waals surface area contributed by atoms with E-state index in [1.807, 2.05) is 6.07 Å². The fourth-order valence-corrected chi connectivity index (χ4v) is 3.49. The molecule has 4 rings (SSSR count). The fraction of sp³-hybridized carbons (Fsp3) is 0.0455. The van der Waals surface area contributed by atoms with Crippen LogP contribution in [0.1, 0.15) is 17.2 Å². The second kappa shape index (κ2) is 7.76. The van der Waals surface area contributed by atoms with Crippen molar-refractivity contribution in [3.63, 3.8) is 0 Å². The Bertz CT molecular complexity index is 1130. The van der Waals surface area contributed by atoms with Crippen molar-refractivity contribution >= 4 is 23.2 Å². The molecule has 6 heteroatoms. The molecule has 2 heterocycles. The number of aromatic nitrogens is 1. The molecule has 2 aromatic heterocycles. The molecule has 28 heavy (non-hydrogen) atoms. The van der Waals surface area contributed by atoms with Crippen molar-refractivity contribution in [3.05, 3.63) is 100 Å². The molecule has 2 aromatic carbocycles. The molecule has 0 amide bonds. The van der Waals surface area contributed by atoms with Crippen LogP contribution in [0.2, 0.25) is 10.0 Å². The molecule has 0 saturated heterocycles. The minimum atomic E-state index is -1.09. The van der Waals surface area contributed by atoms with Gasteiger partial charge in [0.2, 0.25) is 0 Å². The van der Waals surface area contributed by atoms with E-state index in [2.05, 4.69) is 4.98 Å². The van der Waals surface area contributed by atoms with E-state index in [1.54, 1.807) is 54.9 Å². The van der Waals surface area contributed by atoms with Gasteiger partial charge in [0.15, 0.2) is 0 Å². The zero-order valence-electron chi connectivity index (χ0n) is 14.4. The van der Waals surface area contributed by atoms with Gasteiger partial charge in [-0.25, -0.2) is 4.39 Å². The number of hydrogen-bond acceptors (Lipinski definition) is 3. The van der Waals surface area contributed by atoms with Gasteiger partial charge in [-0.1, -0.05) is 41.4 Å². The highest BCUT2D eigenvalue weighted by atomic mass is 35.5. The first-order valence-corrected chi connectivity index (χ1v) is 9.21. The standard InChI is InChI=1S/C22H14Cl2FNO2/c23-14-7-8-15(19(25)10-14)17-12-28-22(16-5-1-2-6-18(16)24)20(17)21(27)13-4-3-9-26-11-13/h1-12,21,27H. The number of benzene rings is 2. The summed E-state index contributed by atoms with van der Waals surface area (Å²) >= 11 is 12.2. The van der Waals surface area contributed by atoms with Crippen LogP contribution < -0.4 is 0 Å². The Balaban J connectivity index is 1.96. The summed E-state index contributed by atoms with van der Waals surface area (Å²) in [6, 6.07) is 14.9. The number of nitrogens with zero attached hydrogens (tertiary/aromatic N) is 1. The van der Waals surface area contributed by atoms with E-state index in [-0.39, 0.29) is 10.6 Å². The Morgan fingerprint density at radius 2 is 1.79 bits per heavy atom. The molecule has 0 radical (unpaired) electrons. The number of aliphatic hydroxyl groups excluding tert-OH is 1. The SMILES string of the molecule is OC(c1cccnc1)c1c(-c2ccc(Cl)cc2F)coc1-c1ccccc1Cl. The van der Waals surface area contributed by atoms with Crippen LogP contribution in [-0.2, 0) is 0 Å². The molecular formula is C22H14Cl2FNO2. The monoisotopic (exact) mass is 413 g/mol. The van der Waals surface area contributed by atoms with Crippen molar-refractivity contribution in [2.75, 3.05) is 0 Å². The zero-order chi connectivity index (χ0) is 19.7. The van der Waals surface area contributed by atoms with Crippen molar-refractivity contribution in [1.82, 2.24) is 4.98 Å². The quantitative estimate of drug-likeness (QED) is 0.413. The van der Waals surface area contributed by atoms with E-state index in [0.717, 1.165) is 0 Å². The van der Waals surface area contributed by atoms with Crippen molar-refractivity contribution in [2.24, 2.45) is 0 Å². The third-order valence-electron chi connectivity index (χ3n) is 4.44. The Kier molecular flexibility index (Phi) is 5.18. The van der Waals surface area contributed by atoms with Gasteiger partial charge in [0.25, 0.3) is 0 Å². The number of aliphatic hydroxyl groups is 1. The van der Waals surface area contributed by atoms with Crippen molar-refractivity contribution in [3.8, 4) is 22.5 Å². The summed E-state index contributed by atoms with van der Waals surface area (Å²) in [5.41, 5.74) is 2.24. The summed E-state index contributed by atoms with van der Waals surface area (Å²) in [5.74, 6) is -0.148. The topological polar surface area (TPSA) is 46.3 Å². The first kappa shape index (κ1) is 18.7. The maximum atomic E-state index is 14.6. The fourth-order valence-electron chi connectivity index (χ4n) is 3.11. The minimum Gasteiger partial charge on any atom is -0.463 e. The van der Waals surface area contributed by atoms with Crippen molar-refractivity contribution in [2.45, 2.75) is 6.10 Å². The number of hydrogen-bond donors (Lipinski definition) is 1. The molecule has 140 valence electrons. The van der Waals surface area contributed by atoms with Crippen LogP contribution in [0.5, 0.6) is 0 Å². The number of furan rings is 1. The maximum Gasteiger partial charge on any atom is 0.142 e. The van der Waals surface area contributed by atoms with Gasteiger partial charge in [0, 0.05) is 45.2 Å². The third kappa shape index (κ3) is 3.42. The normalized spacial score (nSPS) is 12.1. The van der Waals surface area contributed by atoms with Crippen molar-refractivity contribution < 1.29 is 13.9 Å². The Hall–Kier alpha value is -2.66. The summed E-state index contributed by atoms with van der Waals surface area (Å²) in [4.78, 5) is 4.06. The highest BCUT2D eigenvalue weighted by Gasteiger charge is 2.27. The lowest BCUT2D eigenvalue weighted by molar-refractivity contribution is 0.220. The van der Waals surface area contributed by atoms with Gasteiger partial charge in [-0.3, -0.25) is 4.98 Å². The van der Waals surface area contributed by atoms with Crippen LogP contribution in [0.25, 0.3) is 22.5 Å². The van der Waals surface area contributed by atoms with Crippen LogP contribution in [0.3, 0.4) is 0 Å². The summed E-state index contributed by atoms with van der Waals surface area (Å²) < 4.78 is 20.4. The molecule has 0 aliphatic carbocycles. The van der Waals surface area contributed by atoms with Crippen LogP contribution in [0, 0.1) is 5.82 Å². The summed E-state index contributed by atoms with van der Waals surface area (Å²) in [6.45, 7) is 0. The van der Waals surface area contributed by atoms with Crippen LogP contribution >= 0.6 is 23.2 Å². The number of halogens is 3. The zero-order valence-corrected chi connectivity index (χ0v) is 16.0. The molecule has 0 saturated carbocycles. The Labute approximate surface area is 171 Å². The van der Waals surface area contributed by atoms with E-state index in [0.29, 0.717) is 33.0 Å². The lowest BCUT2D eigenvalue weighted by atomic mass is 9.93. The highest BCUT2D eigenvalue weighted by Crippen LogP contribution is 2.43. The maximum absolute atomic E-state index is 14.6. The molecule has 0 spiro atoms. The minimum absolute atomic E-state index is 0.268. The Morgan fingerprint density at radius 3 is 2.50 bits per heavy atom. The average Bonchev–Trinajstić information content (AvgIpc) is 3.13. The summed E-state index contributed by atoms with van der Waals surface area (Å²) in [6.07, 6.45) is 3.49. The van der Waals surface area contributed by atoms with Gasteiger partial charge in [0.05, 0.1) is 11.3 Å². The first-order valence-electron chi connectivity index (χ1n) is 8.46. The molecule has 1 atom stereocenters. The van der Waals surface area contributed by atoms with Gasteiger partial charge in [-0.15, -0.1) is 0 Å². The van der Waals surface area contributed by atoms with E-state index in [1.165, 1.54) is 12.3 Å². The molecular weight excluding hydrogens is 400 g/mol. The lowest BCUT2D eigenvalue weighted by Crippen LogP contribution is -2.03. The van der Waals surface area contributed by atoms with E-state index in [9.17, 15) is 9.50 Å². The molecule has 0 aliphatic heterocycles. The molecule has 0 fully saturated rings. The van der Waals surface area contributed by atoms with E-state index < -0.39 is 11.9 Å². The second-order valence-corrected chi connectivity index (χ2v) is 7.03. The number of pyridine rings is 1. The first-order chi connectivity index (χ1) is 13.6. The van der Waals surface area contributed by atoms with Crippen LogP contribution in [-0.4, -0.2) is 10.1 Å². The second-order valence-electron chi connectivity index (χ2n) is 6.19. The highest BCUT2D eigenvalue weighted by molar-refractivity contribution is 6.33. The summed E-state index contributed by atoms with van der Waals surface area (Å²) in [5, 5.41) is 11.9. The lowest BCUT2D eigenvalue weighted by Gasteiger charge is -2.15. The Morgan fingerprint density at radius 1 is 0.964 bits per heavy atom. The van der Waals surface area contributed by atoms with E-state index >= 15 is 0 Å². The molecule has 1 unspecified atom stereocenters. The largest absolute Gasteiger partial charge is 0.463 e. The predicted octanol–water partition coefficient (Wildman–Crippen LogP) is 6.54. The van der Waals surface area contributed by atoms with Gasteiger partial charge < -0.3 is 9.52 Å². The smallest absolute Gasteiger partial charge is 0.142 e. The number of rotatable bonds is 4. The van der Waals surface area contributed by atoms with Gasteiger partial charge in [0.1, 0.15) is 17.7 Å². The molecule has 4 aromatic rings. The third-order valence-corrected chi connectivity index (χ3v) is 5.01. The average molecular weight is 414 g/mol. The van der Waals surface area contributed by atoms with Gasteiger partial charge in [-0.05, 0) is 36.4 Å². The van der Waals surface area contributed by atoms with Crippen molar-refractivity contribution in [1.29, 1.82) is 0 Å². The molecule has 0 bridgehead atoms. The molecule has 3 nitrogen and oxygen atoms in total. The summed E-state index contributed by atoms with van der Waals surface area (Å²) in [7, 11) is 0. The van der Waals surface area contributed by atoms with Crippen LogP contribution in [0.4, 0.5) is 4.39 Å². The predicted molar refractivity (Wildman–Crippen MR) is 108 cm³/mol. The van der Waals surface area contributed by atoms with Gasteiger partial charge >= 0.3 is 0 Å².